The first kappa shape index (κ1) is 19.7. The topological polar surface area (TPSA) is 47.1 Å². The Hall–Kier alpha value is -2.64. The van der Waals surface area contributed by atoms with E-state index in [1.807, 2.05) is 60.8 Å². The fraction of sp³-hybridized carbons (Fsp3) is 0.364. The molecule has 0 spiro atoms. The first-order valence-corrected chi connectivity index (χ1v) is 10.8. The molecule has 2 amide bonds. The minimum Gasteiger partial charge on any atom is -0.378 e. The number of carbonyl (C=O) groups excluding carboxylic acids is 2. The second-order valence-corrected chi connectivity index (χ2v) is 8.43. The van der Waals surface area contributed by atoms with E-state index in [1.165, 1.54) is 16.2 Å². The number of amides is 2. The lowest BCUT2D eigenvalue weighted by Crippen LogP contribution is -2.47. The van der Waals surface area contributed by atoms with E-state index in [4.69, 9.17) is 0 Å². The van der Waals surface area contributed by atoms with Crippen LogP contribution in [-0.2, 0) is 9.59 Å². The van der Waals surface area contributed by atoms with Gasteiger partial charge in [-0.1, -0.05) is 19.1 Å². The first-order valence-electron chi connectivity index (χ1n) is 9.93. The molecule has 2 aromatic rings. The molecule has 2 aliphatic rings. The number of likely N-dealkylation sites (N-methyl/N-ethyl adjacent to an activating group) is 1. The van der Waals surface area contributed by atoms with Gasteiger partial charge in [-0.3, -0.25) is 9.59 Å². The molecule has 7 heteroatoms. The Kier molecular flexibility index (Phi) is 5.43. The molecule has 0 saturated carbocycles. The molecule has 1 aromatic heterocycles. The highest BCUT2D eigenvalue weighted by Crippen LogP contribution is 2.37. The van der Waals surface area contributed by atoms with Crippen LogP contribution in [0.4, 0.5) is 11.4 Å². The smallest absolute Gasteiger partial charge is 0.282 e. The Bertz CT molecular complexity index is 943. The number of nitrogens with zero attached hydrogens (tertiary/aromatic N) is 4. The summed E-state index contributed by atoms with van der Waals surface area (Å²) in [6.45, 7) is 6.45. The molecule has 2 aliphatic heterocycles. The van der Waals surface area contributed by atoms with Gasteiger partial charge in [0.2, 0.25) is 0 Å². The Labute approximate surface area is 175 Å². The monoisotopic (exact) mass is 410 g/mol. The van der Waals surface area contributed by atoms with Crippen LogP contribution in [0.1, 0.15) is 11.8 Å². The normalized spacial score (nSPS) is 18.2. The summed E-state index contributed by atoms with van der Waals surface area (Å²) >= 11 is 1.50. The van der Waals surface area contributed by atoms with E-state index >= 15 is 0 Å². The van der Waals surface area contributed by atoms with E-state index in [-0.39, 0.29) is 11.8 Å². The van der Waals surface area contributed by atoms with Crippen LogP contribution in [0.5, 0.6) is 0 Å². The van der Waals surface area contributed by atoms with E-state index in [1.54, 1.807) is 0 Å². The molecule has 1 aromatic carbocycles. The van der Waals surface area contributed by atoms with Crippen LogP contribution in [0, 0.1) is 0 Å². The molecule has 152 valence electrons. The van der Waals surface area contributed by atoms with Crippen LogP contribution in [0.25, 0.3) is 5.57 Å². The van der Waals surface area contributed by atoms with Crippen molar-refractivity contribution in [2.45, 2.75) is 6.92 Å². The number of anilines is 2. The summed E-state index contributed by atoms with van der Waals surface area (Å²) in [7, 11) is 3.89. The van der Waals surface area contributed by atoms with Gasteiger partial charge in [-0.2, -0.15) is 0 Å². The van der Waals surface area contributed by atoms with Gasteiger partial charge in [0.15, 0.2) is 0 Å². The summed E-state index contributed by atoms with van der Waals surface area (Å²) in [5.41, 5.74) is 2.64. The molecule has 1 saturated heterocycles. The van der Waals surface area contributed by atoms with Crippen LogP contribution in [0.15, 0.2) is 47.5 Å². The van der Waals surface area contributed by atoms with Crippen molar-refractivity contribution in [2.24, 2.45) is 0 Å². The maximum absolute atomic E-state index is 13.5. The number of hydrogen-bond acceptors (Lipinski definition) is 6. The molecular weight excluding hydrogens is 384 g/mol. The Morgan fingerprint density at radius 1 is 1.00 bits per heavy atom. The summed E-state index contributed by atoms with van der Waals surface area (Å²) in [5, 5.41) is 1.95. The van der Waals surface area contributed by atoms with Crippen molar-refractivity contribution in [3.8, 4) is 0 Å². The van der Waals surface area contributed by atoms with Crippen LogP contribution >= 0.6 is 11.3 Å². The molecular formula is C22H26N4O2S. The Morgan fingerprint density at radius 3 is 2.38 bits per heavy atom. The van der Waals surface area contributed by atoms with Gasteiger partial charge >= 0.3 is 0 Å². The van der Waals surface area contributed by atoms with Gasteiger partial charge in [0.05, 0.1) is 11.3 Å². The van der Waals surface area contributed by atoms with Crippen molar-refractivity contribution in [2.75, 3.05) is 56.6 Å². The summed E-state index contributed by atoms with van der Waals surface area (Å²) < 4.78 is 0. The maximum Gasteiger partial charge on any atom is 0.282 e. The van der Waals surface area contributed by atoms with Crippen molar-refractivity contribution in [3.05, 3.63) is 52.4 Å². The number of piperazine rings is 1. The average molecular weight is 411 g/mol. The van der Waals surface area contributed by atoms with Gasteiger partial charge in [0.25, 0.3) is 11.8 Å². The summed E-state index contributed by atoms with van der Waals surface area (Å²) in [4.78, 5) is 35.6. The number of carbonyl (C=O) groups is 2. The van der Waals surface area contributed by atoms with E-state index < -0.39 is 0 Å². The van der Waals surface area contributed by atoms with E-state index in [0.29, 0.717) is 17.0 Å². The Balaban J connectivity index is 1.74. The molecule has 6 nitrogen and oxygen atoms in total. The van der Waals surface area contributed by atoms with E-state index in [2.05, 4.69) is 16.7 Å². The van der Waals surface area contributed by atoms with Gasteiger partial charge in [-0.15, -0.1) is 11.3 Å². The van der Waals surface area contributed by atoms with Crippen LogP contribution in [0.2, 0.25) is 0 Å². The number of rotatable bonds is 5. The fourth-order valence-electron chi connectivity index (χ4n) is 3.89. The lowest BCUT2D eigenvalue weighted by molar-refractivity contribution is -0.120. The lowest BCUT2D eigenvalue weighted by atomic mass is 10.1. The van der Waals surface area contributed by atoms with Crippen molar-refractivity contribution in [1.82, 2.24) is 9.80 Å². The zero-order valence-electron chi connectivity index (χ0n) is 17.1. The molecule has 0 radical (unpaired) electrons. The molecule has 0 unspecified atom stereocenters. The van der Waals surface area contributed by atoms with Crippen LogP contribution < -0.4 is 9.80 Å². The third-order valence-corrected chi connectivity index (χ3v) is 6.45. The molecule has 0 aliphatic carbocycles. The summed E-state index contributed by atoms with van der Waals surface area (Å²) in [5.74, 6) is -0.458. The number of hydrogen-bond donors (Lipinski definition) is 0. The van der Waals surface area contributed by atoms with E-state index in [0.717, 1.165) is 43.3 Å². The lowest BCUT2D eigenvalue weighted by Gasteiger charge is -2.35. The van der Waals surface area contributed by atoms with Crippen molar-refractivity contribution in [3.63, 3.8) is 0 Å². The van der Waals surface area contributed by atoms with E-state index in [9.17, 15) is 9.59 Å². The Morgan fingerprint density at radius 2 is 1.76 bits per heavy atom. The number of thiophene rings is 1. The molecule has 1 fully saturated rings. The summed E-state index contributed by atoms with van der Waals surface area (Å²) in [6.07, 6.45) is 0. The molecule has 4 rings (SSSR count). The predicted molar refractivity (Wildman–Crippen MR) is 118 cm³/mol. The molecule has 3 heterocycles. The molecule has 29 heavy (non-hydrogen) atoms. The van der Waals surface area contributed by atoms with Crippen LogP contribution in [0.3, 0.4) is 0 Å². The zero-order valence-corrected chi connectivity index (χ0v) is 17.9. The van der Waals surface area contributed by atoms with Crippen molar-refractivity contribution < 1.29 is 9.59 Å². The zero-order chi connectivity index (χ0) is 20.5. The molecule has 0 N–H and O–H groups in total. The first-order chi connectivity index (χ1) is 14.0. The SMILES string of the molecule is CCN1CCN(C2=C(c3cccs3)C(=O)N(c3cccc(N(C)C)c3)C2=O)CC1. The highest BCUT2D eigenvalue weighted by molar-refractivity contribution is 7.11. The van der Waals surface area contributed by atoms with Gasteiger partial charge in [0.1, 0.15) is 5.70 Å². The van der Waals surface area contributed by atoms with Gasteiger partial charge in [0, 0.05) is 50.8 Å². The molecule has 0 bridgehead atoms. The second-order valence-electron chi connectivity index (χ2n) is 7.48. The fourth-order valence-corrected chi connectivity index (χ4v) is 4.65. The van der Waals surface area contributed by atoms with Crippen LogP contribution in [-0.4, -0.2) is 68.4 Å². The minimum atomic E-state index is -0.235. The quantitative estimate of drug-likeness (QED) is 0.710. The average Bonchev–Trinajstić information content (AvgIpc) is 3.34. The maximum atomic E-state index is 13.5. The van der Waals surface area contributed by atoms with Gasteiger partial charge in [-0.25, -0.2) is 4.90 Å². The third-order valence-electron chi connectivity index (χ3n) is 5.57. The second kappa shape index (κ2) is 8.00. The highest BCUT2D eigenvalue weighted by atomic mass is 32.1. The predicted octanol–water partition coefficient (Wildman–Crippen LogP) is 2.74. The van der Waals surface area contributed by atoms with Crippen molar-refractivity contribution >= 4 is 40.1 Å². The van der Waals surface area contributed by atoms with Gasteiger partial charge in [-0.05, 0) is 36.2 Å². The summed E-state index contributed by atoms with van der Waals surface area (Å²) in [6, 6.07) is 11.4. The number of benzene rings is 1. The molecule has 0 atom stereocenters. The van der Waals surface area contributed by atoms with Gasteiger partial charge < -0.3 is 14.7 Å². The number of imide groups is 1. The standard InChI is InChI=1S/C22H26N4O2S/c1-4-24-10-12-25(13-11-24)20-19(18-9-6-14-29-18)21(27)26(22(20)28)17-8-5-7-16(15-17)23(2)3/h5-9,14-15H,4,10-13H2,1-3H3. The largest absolute Gasteiger partial charge is 0.378 e. The van der Waals surface area contributed by atoms with Crippen molar-refractivity contribution in [1.29, 1.82) is 0 Å². The third kappa shape index (κ3) is 3.56. The highest BCUT2D eigenvalue weighted by Gasteiger charge is 2.43. The minimum absolute atomic E-state index is 0.223.